The lowest BCUT2D eigenvalue weighted by Gasteiger charge is -2.31. The molecule has 0 radical (unpaired) electrons. The number of hydrogen-bond donors (Lipinski definition) is 1. The molecule has 1 aromatic carbocycles. The van der Waals surface area contributed by atoms with Crippen LogP contribution in [-0.2, 0) is 5.60 Å². The summed E-state index contributed by atoms with van der Waals surface area (Å²) >= 11 is 0. The second kappa shape index (κ2) is 3.01. The summed E-state index contributed by atoms with van der Waals surface area (Å²) in [6, 6.07) is 3.22. The first-order valence-electron chi connectivity index (χ1n) is 5.04. The molecule has 1 aliphatic carbocycles. The van der Waals surface area contributed by atoms with Crippen LogP contribution in [0, 0.1) is 17.0 Å². The molecule has 1 unspecified atom stereocenters. The van der Waals surface area contributed by atoms with E-state index in [0.717, 1.165) is 18.9 Å². The molecule has 82 valence electrons. The number of aliphatic hydroxyl groups is 1. The zero-order valence-corrected chi connectivity index (χ0v) is 8.85. The fourth-order valence-corrected chi connectivity index (χ4v) is 1.86. The number of rotatable bonds is 2. The minimum atomic E-state index is -1.16. The molecule has 1 fully saturated rings. The third-order valence-corrected chi connectivity index (χ3v) is 3.60. The van der Waals surface area contributed by atoms with Crippen molar-refractivity contribution in [3.8, 4) is 0 Å². The highest BCUT2D eigenvalue weighted by Gasteiger charge is 2.53. The molecule has 1 aliphatic rings. The van der Waals surface area contributed by atoms with Crippen molar-refractivity contribution < 1.29 is 13.9 Å². The van der Waals surface area contributed by atoms with E-state index in [1.165, 1.54) is 12.1 Å². The minimum Gasteiger partial charge on any atom is -0.385 e. The summed E-state index contributed by atoms with van der Waals surface area (Å²) in [6.07, 6.45) is 1.77. The molecule has 0 spiro atoms. The van der Waals surface area contributed by atoms with E-state index in [-0.39, 0.29) is 5.41 Å². The van der Waals surface area contributed by atoms with Crippen molar-refractivity contribution in [3.63, 3.8) is 0 Å². The quantitative estimate of drug-likeness (QED) is 0.799. The van der Waals surface area contributed by atoms with E-state index < -0.39 is 17.2 Å². The van der Waals surface area contributed by atoms with Gasteiger partial charge in [-0.05, 0) is 37.5 Å². The predicted molar refractivity (Wildman–Crippen MR) is 53.3 cm³/mol. The van der Waals surface area contributed by atoms with Gasteiger partial charge in [0.2, 0.25) is 0 Å². The maximum Gasteiger partial charge on any atom is 0.126 e. The highest BCUT2D eigenvalue weighted by atomic mass is 19.1. The van der Waals surface area contributed by atoms with Crippen LogP contribution in [0.2, 0.25) is 0 Å². The van der Waals surface area contributed by atoms with Crippen molar-refractivity contribution in [1.29, 1.82) is 0 Å². The Balaban J connectivity index is 2.44. The van der Waals surface area contributed by atoms with Gasteiger partial charge in [0.1, 0.15) is 11.6 Å². The van der Waals surface area contributed by atoms with Gasteiger partial charge in [0.25, 0.3) is 0 Å². The normalized spacial score (nSPS) is 22.2. The van der Waals surface area contributed by atoms with Crippen molar-refractivity contribution >= 4 is 0 Å². The van der Waals surface area contributed by atoms with Crippen molar-refractivity contribution in [2.75, 3.05) is 0 Å². The van der Waals surface area contributed by atoms with Gasteiger partial charge in [-0.3, -0.25) is 0 Å². The number of benzene rings is 1. The largest absolute Gasteiger partial charge is 0.385 e. The molecule has 1 atom stereocenters. The third kappa shape index (κ3) is 1.65. The Labute approximate surface area is 87.7 Å². The van der Waals surface area contributed by atoms with E-state index in [1.807, 2.05) is 6.92 Å². The predicted octanol–water partition coefficient (Wildman–Crippen LogP) is 2.97. The molecule has 0 aromatic heterocycles. The van der Waals surface area contributed by atoms with E-state index in [1.54, 1.807) is 6.92 Å². The average molecular weight is 212 g/mol. The van der Waals surface area contributed by atoms with E-state index in [2.05, 4.69) is 0 Å². The van der Waals surface area contributed by atoms with Crippen molar-refractivity contribution in [2.24, 2.45) is 5.41 Å². The zero-order chi connectivity index (χ0) is 11.3. The maximum absolute atomic E-state index is 13.0. The molecule has 0 heterocycles. The molecule has 2 rings (SSSR count). The molecule has 0 saturated heterocycles. The third-order valence-electron chi connectivity index (χ3n) is 3.60. The Morgan fingerprint density at radius 3 is 2.07 bits per heavy atom. The molecule has 3 heteroatoms. The van der Waals surface area contributed by atoms with Gasteiger partial charge in [-0.1, -0.05) is 6.92 Å². The van der Waals surface area contributed by atoms with Gasteiger partial charge in [-0.2, -0.15) is 0 Å². The lowest BCUT2D eigenvalue weighted by molar-refractivity contribution is -0.0131. The lowest BCUT2D eigenvalue weighted by atomic mass is 9.81. The second-order valence-corrected chi connectivity index (χ2v) is 4.79. The number of hydrogen-bond acceptors (Lipinski definition) is 1. The van der Waals surface area contributed by atoms with Crippen LogP contribution in [0.4, 0.5) is 8.78 Å². The SMILES string of the molecule is CC1(C(C)(O)c2cc(F)cc(F)c2)CC1. The summed E-state index contributed by atoms with van der Waals surface area (Å²) in [7, 11) is 0. The van der Waals surface area contributed by atoms with Gasteiger partial charge >= 0.3 is 0 Å². The van der Waals surface area contributed by atoms with Gasteiger partial charge < -0.3 is 5.11 Å². The summed E-state index contributed by atoms with van der Waals surface area (Å²) in [5, 5.41) is 10.3. The highest BCUT2D eigenvalue weighted by molar-refractivity contribution is 5.28. The smallest absolute Gasteiger partial charge is 0.126 e. The molecule has 1 nitrogen and oxygen atoms in total. The number of halogens is 2. The maximum atomic E-state index is 13.0. The topological polar surface area (TPSA) is 20.2 Å². The van der Waals surface area contributed by atoms with E-state index >= 15 is 0 Å². The van der Waals surface area contributed by atoms with Gasteiger partial charge in [0.05, 0.1) is 5.60 Å². The Hall–Kier alpha value is -0.960. The monoisotopic (exact) mass is 212 g/mol. The van der Waals surface area contributed by atoms with Crippen LogP contribution in [0.15, 0.2) is 18.2 Å². The van der Waals surface area contributed by atoms with Crippen molar-refractivity contribution in [1.82, 2.24) is 0 Å². The molecule has 0 amide bonds. The highest BCUT2D eigenvalue weighted by Crippen LogP contribution is 2.57. The van der Waals surface area contributed by atoms with Crippen molar-refractivity contribution in [2.45, 2.75) is 32.3 Å². The van der Waals surface area contributed by atoms with E-state index in [9.17, 15) is 13.9 Å². The van der Waals surface area contributed by atoms with E-state index in [0.29, 0.717) is 5.56 Å². The summed E-state index contributed by atoms with van der Waals surface area (Å²) in [4.78, 5) is 0. The van der Waals surface area contributed by atoms with Gasteiger partial charge in [-0.15, -0.1) is 0 Å². The van der Waals surface area contributed by atoms with Crippen LogP contribution in [0.1, 0.15) is 32.3 Å². The van der Waals surface area contributed by atoms with Gasteiger partial charge in [0, 0.05) is 11.5 Å². The summed E-state index contributed by atoms with van der Waals surface area (Å²) in [5.74, 6) is -1.29. The Bertz CT molecular complexity index is 374. The van der Waals surface area contributed by atoms with Crippen molar-refractivity contribution in [3.05, 3.63) is 35.4 Å². The first kappa shape index (κ1) is 10.6. The lowest BCUT2D eigenvalue weighted by Crippen LogP contribution is -2.31. The Morgan fingerprint density at radius 1 is 1.20 bits per heavy atom. The Kier molecular flexibility index (Phi) is 2.12. The van der Waals surface area contributed by atoms with Gasteiger partial charge in [0.15, 0.2) is 0 Å². The zero-order valence-electron chi connectivity index (χ0n) is 8.85. The first-order valence-corrected chi connectivity index (χ1v) is 5.04. The molecule has 0 aliphatic heterocycles. The molecular formula is C12H14F2O. The fourth-order valence-electron chi connectivity index (χ4n) is 1.86. The standard InChI is InChI=1S/C12H14F2O/c1-11(3-4-11)12(2,15)8-5-9(13)7-10(14)6-8/h5-7,15H,3-4H2,1-2H3. The minimum absolute atomic E-state index is 0.243. The molecular weight excluding hydrogens is 198 g/mol. The van der Waals surface area contributed by atoms with Crippen LogP contribution in [0.3, 0.4) is 0 Å². The summed E-state index contributed by atoms with van der Waals surface area (Å²) in [5.41, 5.74) is -1.08. The van der Waals surface area contributed by atoms with E-state index in [4.69, 9.17) is 0 Å². The molecule has 1 saturated carbocycles. The molecule has 0 bridgehead atoms. The second-order valence-electron chi connectivity index (χ2n) is 4.79. The summed E-state index contributed by atoms with van der Waals surface area (Å²) in [6.45, 7) is 3.55. The first-order chi connectivity index (χ1) is 6.85. The van der Waals surface area contributed by atoms with Crippen LogP contribution in [0.25, 0.3) is 0 Å². The fraction of sp³-hybridized carbons (Fsp3) is 0.500. The summed E-state index contributed by atoms with van der Waals surface area (Å²) < 4.78 is 26.0. The average Bonchev–Trinajstić information content (AvgIpc) is 2.83. The van der Waals surface area contributed by atoms with Gasteiger partial charge in [-0.25, -0.2) is 8.78 Å². The molecule has 15 heavy (non-hydrogen) atoms. The van der Waals surface area contributed by atoms with Crippen LogP contribution in [-0.4, -0.2) is 5.11 Å². The van der Waals surface area contributed by atoms with Crippen LogP contribution < -0.4 is 0 Å². The molecule has 1 aromatic rings. The van der Waals surface area contributed by atoms with Crippen LogP contribution in [0.5, 0.6) is 0 Å². The molecule has 1 N–H and O–H groups in total. The van der Waals surface area contributed by atoms with Crippen LogP contribution >= 0.6 is 0 Å². The Morgan fingerprint density at radius 2 is 1.67 bits per heavy atom.